The molecule has 0 spiro atoms. The van der Waals surface area contributed by atoms with Crippen LogP contribution >= 0.6 is 0 Å². The number of para-hydroxylation sites is 6. The second-order valence-electron chi connectivity index (χ2n) is 11.9. The number of rotatable bonds is 6. The number of fused-ring (bicyclic) bond motifs is 4. The molecule has 0 bridgehead atoms. The average molecular weight is 615 g/mol. The van der Waals surface area contributed by atoms with Crippen molar-refractivity contribution in [3.63, 3.8) is 0 Å². The second-order valence-corrected chi connectivity index (χ2v) is 11.9. The number of benzene rings is 7. The Hall–Kier alpha value is -6.52. The lowest BCUT2D eigenvalue weighted by Crippen LogP contribution is -2.12. The third-order valence-corrected chi connectivity index (χ3v) is 8.93. The second kappa shape index (κ2) is 11.7. The van der Waals surface area contributed by atoms with Gasteiger partial charge in [0.2, 0.25) is 0 Å². The third-order valence-electron chi connectivity index (χ3n) is 8.93. The molecule has 0 aliphatic carbocycles. The summed E-state index contributed by atoms with van der Waals surface area (Å²) in [5.74, 6) is 0. The van der Waals surface area contributed by atoms with Gasteiger partial charge in [0.05, 0.1) is 33.4 Å². The minimum Gasteiger partial charge on any atom is -0.309 e. The van der Waals surface area contributed by atoms with Gasteiger partial charge < -0.3 is 9.80 Å². The molecule has 0 amide bonds. The fraction of sp³-hybridized carbons (Fsp3) is 0. The van der Waals surface area contributed by atoms with E-state index in [1.165, 1.54) is 0 Å². The fourth-order valence-corrected chi connectivity index (χ4v) is 6.84. The molecule has 4 nitrogen and oxygen atoms in total. The number of pyridine rings is 2. The molecular weight excluding hydrogens is 585 g/mol. The van der Waals surface area contributed by atoms with E-state index < -0.39 is 0 Å². The summed E-state index contributed by atoms with van der Waals surface area (Å²) in [6.07, 6.45) is 0. The molecule has 0 saturated carbocycles. The molecule has 9 rings (SSSR count). The van der Waals surface area contributed by atoms with E-state index in [0.717, 1.165) is 77.7 Å². The smallest absolute Gasteiger partial charge is 0.0739 e. The molecule has 9 aromatic rings. The highest BCUT2D eigenvalue weighted by molar-refractivity contribution is 6.18. The predicted octanol–water partition coefficient (Wildman–Crippen LogP) is 12.0. The van der Waals surface area contributed by atoms with Crippen LogP contribution in [0.2, 0.25) is 0 Å². The van der Waals surface area contributed by atoms with Crippen LogP contribution in [0.15, 0.2) is 182 Å². The van der Waals surface area contributed by atoms with Gasteiger partial charge in [0, 0.05) is 44.3 Å². The van der Waals surface area contributed by atoms with Crippen LogP contribution in [-0.4, -0.2) is 9.97 Å². The van der Waals surface area contributed by atoms with Crippen molar-refractivity contribution in [3.05, 3.63) is 182 Å². The third kappa shape index (κ3) is 4.70. The largest absolute Gasteiger partial charge is 0.309 e. The lowest BCUT2D eigenvalue weighted by atomic mass is 10.00. The Bertz CT molecular complexity index is 2290. The van der Waals surface area contributed by atoms with Crippen molar-refractivity contribution in [2.24, 2.45) is 0 Å². The molecule has 2 aromatic heterocycles. The van der Waals surface area contributed by atoms with E-state index in [-0.39, 0.29) is 0 Å². The molecular formula is C44H30N4. The molecule has 2 heterocycles. The zero-order valence-electron chi connectivity index (χ0n) is 26.1. The molecule has 0 N–H and O–H groups in total. The van der Waals surface area contributed by atoms with Crippen LogP contribution in [-0.2, 0) is 0 Å². The number of aromatic nitrogens is 2. The highest BCUT2D eigenvalue weighted by atomic mass is 15.2. The van der Waals surface area contributed by atoms with Crippen molar-refractivity contribution < 1.29 is 0 Å². The summed E-state index contributed by atoms with van der Waals surface area (Å²) in [5.41, 5.74) is 10.2. The lowest BCUT2D eigenvalue weighted by molar-refractivity contribution is 1.30. The standard InChI is InChI=1S/C44H30N4/c1-5-17-31(18-6-1)47(32-19-7-2-8-20-32)43-35-25-13-15-27-39(35)45-41-30-38-42(29-37(41)43)46-40-28-16-14-26-36(40)44(38)48(33-21-9-3-10-22-33)34-23-11-4-12-24-34/h1-30H. The molecule has 0 fully saturated rings. The Morgan fingerprint density at radius 3 is 0.896 bits per heavy atom. The van der Waals surface area contributed by atoms with Gasteiger partial charge in [-0.3, -0.25) is 0 Å². The van der Waals surface area contributed by atoms with E-state index in [4.69, 9.17) is 9.97 Å². The topological polar surface area (TPSA) is 32.3 Å². The van der Waals surface area contributed by atoms with Crippen molar-refractivity contribution in [1.82, 2.24) is 9.97 Å². The van der Waals surface area contributed by atoms with Crippen LogP contribution in [0, 0.1) is 0 Å². The maximum Gasteiger partial charge on any atom is 0.0739 e. The Morgan fingerprint density at radius 2 is 0.562 bits per heavy atom. The summed E-state index contributed by atoms with van der Waals surface area (Å²) < 4.78 is 0. The summed E-state index contributed by atoms with van der Waals surface area (Å²) in [6, 6.07) is 63.6. The summed E-state index contributed by atoms with van der Waals surface area (Å²) in [7, 11) is 0. The Morgan fingerprint density at radius 1 is 0.271 bits per heavy atom. The van der Waals surface area contributed by atoms with E-state index in [0.29, 0.717) is 0 Å². The molecule has 0 aliphatic rings. The predicted molar refractivity (Wildman–Crippen MR) is 201 cm³/mol. The van der Waals surface area contributed by atoms with E-state index >= 15 is 0 Å². The Kier molecular flexibility index (Phi) is 6.76. The first-order valence-corrected chi connectivity index (χ1v) is 16.2. The van der Waals surface area contributed by atoms with Gasteiger partial charge in [0.25, 0.3) is 0 Å². The summed E-state index contributed by atoms with van der Waals surface area (Å²) in [6.45, 7) is 0. The molecule has 0 aliphatic heterocycles. The van der Waals surface area contributed by atoms with Gasteiger partial charge in [-0.25, -0.2) is 9.97 Å². The molecule has 7 aromatic carbocycles. The zero-order chi connectivity index (χ0) is 31.9. The first-order chi connectivity index (χ1) is 23.8. The van der Waals surface area contributed by atoms with E-state index in [1.807, 2.05) is 0 Å². The van der Waals surface area contributed by atoms with Gasteiger partial charge in [0.15, 0.2) is 0 Å². The highest BCUT2D eigenvalue weighted by Gasteiger charge is 2.23. The van der Waals surface area contributed by atoms with Crippen LogP contribution < -0.4 is 9.80 Å². The van der Waals surface area contributed by atoms with Gasteiger partial charge in [0.1, 0.15) is 0 Å². The van der Waals surface area contributed by atoms with E-state index in [2.05, 4.69) is 192 Å². The first kappa shape index (κ1) is 27.8. The molecule has 48 heavy (non-hydrogen) atoms. The van der Waals surface area contributed by atoms with Crippen molar-refractivity contribution in [2.75, 3.05) is 9.80 Å². The van der Waals surface area contributed by atoms with Gasteiger partial charge in [-0.15, -0.1) is 0 Å². The number of hydrogen-bond donors (Lipinski definition) is 0. The molecule has 0 atom stereocenters. The van der Waals surface area contributed by atoms with Crippen molar-refractivity contribution in [2.45, 2.75) is 0 Å². The van der Waals surface area contributed by atoms with Crippen LogP contribution in [0.25, 0.3) is 43.6 Å². The van der Waals surface area contributed by atoms with Gasteiger partial charge in [-0.05, 0) is 72.8 Å². The number of anilines is 6. The quantitative estimate of drug-likeness (QED) is 0.174. The normalized spacial score (nSPS) is 11.3. The monoisotopic (exact) mass is 614 g/mol. The SMILES string of the molecule is c1ccc(N(c2ccccc2)c2c3ccccc3nc3cc4c(N(c5ccccc5)c5ccccc5)c5ccccc5nc4cc23)cc1. The molecule has 0 unspecified atom stereocenters. The first-order valence-electron chi connectivity index (χ1n) is 16.2. The van der Waals surface area contributed by atoms with Gasteiger partial charge in [-0.1, -0.05) is 109 Å². The Labute approximate surface area is 278 Å². The Balaban J connectivity index is 1.43. The minimum absolute atomic E-state index is 0.910. The molecule has 0 radical (unpaired) electrons. The van der Waals surface area contributed by atoms with Crippen LogP contribution in [0.4, 0.5) is 34.1 Å². The van der Waals surface area contributed by atoms with E-state index in [1.54, 1.807) is 0 Å². The fourth-order valence-electron chi connectivity index (χ4n) is 6.84. The zero-order valence-corrected chi connectivity index (χ0v) is 26.1. The maximum absolute atomic E-state index is 5.31. The van der Waals surface area contributed by atoms with Crippen molar-refractivity contribution in [3.8, 4) is 0 Å². The minimum atomic E-state index is 0.910. The molecule has 4 heteroatoms. The van der Waals surface area contributed by atoms with Crippen LogP contribution in [0.1, 0.15) is 0 Å². The summed E-state index contributed by atoms with van der Waals surface area (Å²) in [4.78, 5) is 15.3. The highest BCUT2D eigenvalue weighted by Crippen LogP contribution is 2.47. The van der Waals surface area contributed by atoms with Gasteiger partial charge in [-0.2, -0.15) is 0 Å². The average Bonchev–Trinajstić information content (AvgIpc) is 3.16. The van der Waals surface area contributed by atoms with Crippen LogP contribution in [0.3, 0.4) is 0 Å². The van der Waals surface area contributed by atoms with Crippen molar-refractivity contribution >= 4 is 77.7 Å². The summed E-state index contributed by atoms with van der Waals surface area (Å²) >= 11 is 0. The molecule has 0 saturated heterocycles. The van der Waals surface area contributed by atoms with Crippen molar-refractivity contribution in [1.29, 1.82) is 0 Å². The number of hydrogen-bond acceptors (Lipinski definition) is 4. The van der Waals surface area contributed by atoms with Gasteiger partial charge >= 0.3 is 0 Å². The summed E-state index contributed by atoms with van der Waals surface area (Å²) in [5, 5.41) is 4.23. The number of nitrogens with zero attached hydrogens (tertiary/aromatic N) is 4. The van der Waals surface area contributed by atoms with E-state index in [9.17, 15) is 0 Å². The lowest BCUT2D eigenvalue weighted by Gasteiger charge is -2.29. The molecule has 226 valence electrons. The van der Waals surface area contributed by atoms with Crippen LogP contribution in [0.5, 0.6) is 0 Å². The maximum atomic E-state index is 5.31.